The molecule has 1 heteroatoms. The minimum absolute atomic E-state index is 0.898. The number of rotatable bonds is 1. The molecule has 0 amide bonds. The molecule has 1 nitrogen and oxygen atoms in total. The van der Waals surface area contributed by atoms with Crippen LogP contribution < -0.4 is 5.73 Å². The lowest BCUT2D eigenvalue weighted by Gasteiger charge is -2.39. The van der Waals surface area contributed by atoms with Gasteiger partial charge in [-0.15, -0.1) is 0 Å². The third-order valence-electron chi connectivity index (χ3n) is 3.50. The summed E-state index contributed by atoms with van der Waals surface area (Å²) in [5, 5.41) is 0. The highest BCUT2D eigenvalue weighted by atomic mass is 14.6. The smallest absolute Gasteiger partial charge is 0.00460 e. The quantitative estimate of drug-likeness (QED) is 0.641. The van der Waals surface area contributed by atoms with Crippen molar-refractivity contribution in [3.05, 3.63) is 0 Å². The van der Waals surface area contributed by atoms with Crippen LogP contribution >= 0.6 is 0 Å². The molecule has 0 bridgehead atoms. The molecule has 0 heterocycles. The fourth-order valence-electron chi connectivity index (χ4n) is 2.93. The highest BCUT2D eigenvalue weighted by Gasteiger charge is 2.45. The highest BCUT2D eigenvalue weighted by molar-refractivity contribution is 4.95. The SMILES string of the molecule is CC.C[C@H]1CC2CC(CN)C2C1. The van der Waals surface area contributed by atoms with Gasteiger partial charge in [0.1, 0.15) is 0 Å². The van der Waals surface area contributed by atoms with Gasteiger partial charge in [-0.1, -0.05) is 20.8 Å². The van der Waals surface area contributed by atoms with Gasteiger partial charge >= 0.3 is 0 Å². The second kappa shape index (κ2) is 4.27. The van der Waals surface area contributed by atoms with Gasteiger partial charge in [-0.05, 0) is 49.5 Å². The van der Waals surface area contributed by atoms with Crippen LogP contribution in [0.25, 0.3) is 0 Å². The second-order valence-electron chi connectivity index (χ2n) is 4.23. The molecule has 12 heavy (non-hydrogen) atoms. The first kappa shape index (κ1) is 10.0. The molecule has 0 aromatic rings. The monoisotopic (exact) mass is 169 g/mol. The van der Waals surface area contributed by atoms with Crippen molar-refractivity contribution in [3.63, 3.8) is 0 Å². The van der Waals surface area contributed by atoms with E-state index in [1.165, 1.54) is 19.3 Å². The van der Waals surface area contributed by atoms with E-state index < -0.39 is 0 Å². The van der Waals surface area contributed by atoms with Gasteiger partial charge in [0.15, 0.2) is 0 Å². The van der Waals surface area contributed by atoms with Crippen molar-refractivity contribution in [3.8, 4) is 0 Å². The zero-order valence-electron chi connectivity index (χ0n) is 8.72. The molecule has 0 aromatic heterocycles. The molecule has 72 valence electrons. The molecule has 0 aromatic carbocycles. The maximum Gasteiger partial charge on any atom is -0.00460 e. The Morgan fingerprint density at radius 1 is 1.17 bits per heavy atom. The van der Waals surface area contributed by atoms with Crippen molar-refractivity contribution < 1.29 is 0 Å². The molecule has 2 aliphatic rings. The zero-order valence-corrected chi connectivity index (χ0v) is 8.72. The summed E-state index contributed by atoms with van der Waals surface area (Å²) in [6, 6.07) is 0. The van der Waals surface area contributed by atoms with Crippen LogP contribution in [0.2, 0.25) is 0 Å². The summed E-state index contributed by atoms with van der Waals surface area (Å²) in [5.41, 5.74) is 5.64. The van der Waals surface area contributed by atoms with Crippen LogP contribution in [0.5, 0.6) is 0 Å². The molecule has 2 saturated carbocycles. The Morgan fingerprint density at radius 3 is 2.33 bits per heavy atom. The van der Waals surface area contributed by atoms with Gasteiger partial charge < -0.3 is 5.73 Å². The van der Waals surface area contributed by atoms with Crippen LogP contribution in [0.4, 0.5) is 0 Å². The summed E-state index contributed by atoms with van der Waals surface area (Å²) in [4.78, 5) is 0. The number of fused-ring (bicyclic) bond motifs is 1. The third kappa shape index (κ3) is 1.66. The van der Waals surface area contributed by atoms with Crippen molar-refractivity contribution in [2.24, 2.45) is 29.4 Å². The summed E-state index contributed by atoms with van der Waals surface area (Å²) in [6.45, 7) is 7.32. The van der Waals surface area contributed by atoms with Gasteiger partial charge in [0.05, 0.1) is 0 Å². The fourth-order valence-corrected chi connectivity index (χ4v) is 2.93. The minimum atomic E-state index is 0.898. The number of hydrogen-bond acceptors (Lipinski definition) is 1. The Bertz CT molecular complexity index is 129. The van der Waals surface area contributed by atoms with Gasteiger partial charge in [0.25, 0.3) is 0 Å². The first-order valence-corrected chi connectivity index (χ1v) is 5.51. The molecule has 2 rings (SSSR count). The van der Waals surface area contributed by atoms with Crippen LogP contribution in [0.3, 0.4) is 0 Å². The lowest BCUT2D eigenvalue weighted by Crippen LogP contribution is -2.37. The van der Waals surface area contributed by atoms with Crippen LogP contribution in [-0.4, -0.2) is 6.54 Å². The van der Waals surface area contributed by atoms with E-state index in [4.69, 9.17) is 5.73 Å². The van der Waals surface area contributed by atoms with E-state index in [0.717, 1.165) is 30.2 Å². The lowest BCUT2D eigenvalue weighted by atomic mass is 9.67. The van der Waals surface area contributed by atoms with Crippen LogP contribution in [0.1, 0.15) is 40.0 Å². The first-order chi connectivity index (χ1) is 5.81. The topological polar surface area (TPSA) is 26.0 Å². The van der Waals surface area contributed by atoms with Gasteiger partial charge in [0.2, 0.25) is 0 Å². The maximum absolute atomic E-state index is 5.64. The summed E-state index contributed by atoms with van der Waals surface area (Å²) in [6.07, 6.45) is 4.39. The molecular weight excluding hydrogens is 146 g/mol. The molecule has 0 spiro atoms. The Labute approximate surface area is 76.7 Å². The molecule has 2 N–H and O–H groups in total. The van der Waals surface area contributed by atoms with E-state index in [-0.39, 0.29) is 0 Å². The van der Waals surface area contributed by atoms with Crippen molar-refractivity contribution in [1.29, 1.82) is 0 Å². The first-order valence-electron chi connectivity index (χ1n) is 5.51. The van der Waals surface area contributed by atoms with Crippen molar-refractivity contribution in [2.75, 3.05) is 6.54 Å². The van der Waals surface area contributed by atoms with E-state index in [0.29, 0.717) is 0 Å². The zero-order chi connectivity index (χ0) is 9.14. The standard InChI is InChI=1S/C9H17N.C2H6/c1-6-2-7-4-8(5-10)9(7)3-6;1-2/h6-9H,2-5,10H2,1H3;1-2H3/t6-,7?,8?,9?;/m0./s1. The van der Waals surface area contributed by atoms with E-state index in [1.54, 1.807) is 0 Å². The summed E-state index contributed by atoms with van der Waals surface area (Å²) < 4.78 is 0. The molecule has 2 fully saturated rings. The van der Waals surface area contributed by atoms with E-state index in [1.807, 2.05) is 13.8 Å². The minimum Gasteiger partial charge on any atom is -0.330 e. The average molecular weight is 169 g/mol. The summed E-state index contributed by atoms with van der Waals surface area (Å²) in [5.74, 6) is 3.99. The van der Waals surface area contributed by atoms with E-state index in [2.05, 4.69) is 6.92 Å². The van der Waals surface area contributed by atoms with Crippen molar-refractivity contribution >= 4 is 0 Å². The van der Waals surface area contributed by atoms with Crippen LogP contribution in [-0.2, 0) is 0 Å². The number of hydrogen-bond donors (Lipinski definition) is 1. The predicted octanol–water partition coefficient (Wildman–Crippen LogP) is 2.65. The summed E-state index contributed by atoms with van der Waals surface area (Å²) in [7, 11) is 0. The van der Waals surface area contributed by atoms with Crippen molar-refractivity contribution in [1.82, 2.24) is 0 Å². The highest BCUT2D eigenvalue weighted by Crippen LogP contribution is 2.52. The Kier molecular flexibility index (Phi) is 3.57. The van der Waals surface area contributed by atoms with E-state index in [9.17, 15) is 0 Å². The molecule has 0 aliphatic heterocycles. The van der Waals surface area contributed by atoms with Crippen molar-refractivity contribution in [2.45, 2.75) is 40.0 Å². The largest absolute Gasteiger partial charge is 0.330 e. The molecule has 3 unspecified atom stereocenters. The molecule has 4 atom stereocenters. The van der Waals surface area contributed by atoms with Crippen LogP contribution in [0, 0.1) is 23.7 Å². The molecule has 2 aliphatic carbocycles. The summed E-state index contributed by atoms with van der Waals surface area (Å²) >= 11 is 0. The average Bonchev–Trinajstić information content (AvgIpc) is 2.36. The van der Waals surface area contributed by atoms with Gasteiger partial charge in [-0.25, -0.2) is 0 Å². The maximum atomic E-state index is 5.64. The Morgan fingerprint density at radius 2 is 1.83 bits per heavy atom. The molecule has 0 radical (unpaired) electrons. The Hall–Kier alpha value is -0.0400. The Balaban J connectivity index is 0.000000336. The fraction of sp³-hybridized carbons (Fsp3) is 1.00. The van der Waals surface area contributed by atoms with Gasteiger partial charge in [-0.2, -0.15) is 0 Å². The van der Waals surface area contributed by atoms with Gasteiger partial charge in [0, 0.05) is 0 Å². The molecule has 0 saturated heterocycles. The van der Waals surface area contributed by atoms with Gasteiger partial charge in [-0.3, -0.25) is 0 Å². The molecular formula is C11H23N. The normalized spacial score (nSPS) is 44.0. The predicted molar refractivity (Wildman–Crippen MR) is 53.9 cm³/mol. The van der Waals surface area contributed by atoms with Crippen LogP contribution in [0.15, 0.2) is 0 Å². The van der Waals surface area contributed by atoms with E-state index >= 15 is 0 Å². The lowest BCUT2D eigenvalue weighted by molar-refractivity contribution is 0.111. The third-order valence-corrected chi connectivity index (χ3v) is 3.50. The second-order valence-corrected chi connectivity index (χ2v) is 4.23. The number of nitrogens with two attached hydrogens (primary N) is 1.